The monoisotopic (exact) mass is 360 g/mol. The largest absolute Gasteiger partial charge is 0.489 e. The Labute approximate surface area is 148 Å². The number of halogens is 1. The van der Waals surface area contributed by atoms with Crippen molar-refractivity contribution in [1.29, 1.82) is 0 Å². The molecule has 0 unspecified atom stereocenters. The second-order valence-corrected chi connectivity index (χ2v) is 5.26. The van der Waals surface area contributed by atoms with Gasteiger partial charge in [-0.05, 0) is 35.9 Å². The minimum atomic E-state index is -0.716. The Morgan fingerprint density at radius 2 is 1.81 bits per heavy atom. The van der Waals surface area contributed by atoms with Crippen LogP contribution in [-0.4, -0.2) is 30.9 Å². The van der Waals surface area contributed by atoms with Crippen molar-refractivity contribution in [2.45, 2.75) is 6.61 Å². The molecule has 2 aromatic carbocycles. The molecule has 8 heteroatoms. The maximum atomic E-state index is 12.9. The molecule has 0 aliphatic rings. The number of hydrogen-bond acceptors (Lipinski definition) is 5. The van der Waals surface area contributed by atoms with Gasteiger partial charge >= 0.3 is 5.97 Å². The van der Waals surface area contributed by atoms with Crippen molar-refractivity contribution in [3.63, 3.8) is 0 Å². The van der Waals surface area contributed by atoms with Crippen molar-refractivity contribution >= 4 is 17.8 Å². The fourth-order valence-corrected chi connectivity index (χ4v) is 1.91. The number of hydrogen-bond donors (Lipinski definition) is 2. The van der Waals surface area contributed by atoms with Crippen LogP contribution in [0.4, 0.5) is 4.39 Å². The van der Waals surface area contributed by atoms with Crippen LogP contribution in [0.5, 0.6) is 5.75 Å². The van der Waals surface area contributed by atoms with E-state index >= 15 is 0 Å². The van der Waals surface area contributed by atoms with Crippen LogP contribution in [0.15, 0.2) is 48.5 Å². The van der Waals surface area contributed by atoms with Crippen molar-refractivity contribution in [1.82, 2.24) is 5.32 Å². The molecule has 3 N–H and O–H groups in total. The van der Waals surface area contributed by atoms with Crippen LogP contribution in [-0.2, 0) is 20.9 Å². The first-order valence-electron chi connectivity index (χ1n) is 7.63. The highest BCUT2D eigenvalue weighted by Gasteiger charge is 2.11. The first-order chi connectivity index (χ1) is 12.4. The molecule has 0 bridgehead atoms. The number of nitrogens with one attached hydrogen (secondary N) is 1. The number of carbonyl (C=O) groups excluding carboxylic acids is 3. The molecule has 0 radical (unpaired) electrons. The first kappa shape index (κ1) is 18.9. The van der Waals surface area contributed by atoms with E-state index in [1.165, 1.54) is 24.3 Å². The predicted molar refractivity (Wildman–Crippen MR) is 89.7 cm³/mol. The molecule has 0 fully saturated rings. The second kappa shape index (κ2) is 9.16. The summed E-state index contributed by atoms with van der Waals surface area (Å²) in [5.74, 6) is -1.97. The van der Waals surface area contributed by atoms with Crippen molar-refractivity contribution in [3.8, 4) is 5.75 Å². The van der Waals surface area contributed by atoms with E-state index in [4.69, 9.17) is 15.2 Å². The van der Waals surface area contributed by atoms with Crippen LogP contribution < -0.4 is 15.8 Å². The highest BCUT2D eigenvalue weighted by atomic mass is 19.1. The number of primary amides is 1. The number of amides is 2. The zero-order valence-corrected chi connectivity index (χ0v) is 13.7. The summed E-state index contributed by atoms with van der Waals surface area (Å²) in [5.41, 5.74) is 5.86. The number of rotatable bonds is 8. The van der Waals surface area contributed by atoms with Gasteiger partial charge in [0.2, 0.25) is 5.91 Å². The average Bonchev–Trinajstić information content (AvgIpc) is 2.64. The summed E-state index contributed by atoms with van der Waals surface area (Å²) < 4.78 is 23.3. The van der Waals surface area contributed by atoms with Crippen LogP contribution in [0.1, 0.15) is 15.9 Å². The maximum Gasteiger partial charge on any atom is 0.338 e. The lowest BCUT2D eigenvalue weighted by atomic mass is 10.2. The number of esters is 1. The van der Waals surface area contributed by atoms with Crippen LogP contribution >= 0.6 is 0 Å². The third-order valence-corrected chi connectivity index (χ3v) is 3.18. The summed E-state index contributed by atoms with van der Waals surface area (Å²) in [7, 11) is 0. The topological polar surface area (TPSA) is 108 Å². The van der Waals surface area contributed by atoms with E-state index in [1.807, 2.05) is 0 Å². The van der Waals surface area contributed by atoms with Crippen molar-refractivity contribution < 1.29 is 28.2 Å². The van der Waals surface area contributed by atoms with Gasteiger partial charge in [-0.3, -0.25) is 9.59 Å². The summed E-state index contributed by atoms with van der Waals surface area (Å²) in [5, 5.41) is 2.20. The van der Waals surface area contributed by atoms with Gasteiger partial charge in [-0.1, -0.05) is 18.2 Å². The normalized spacial score (nSPS) is 10.0. The van der Waals surface area contributed by atoms with Gasteiger partial charge < -0.3 is 20.5 Å². The quantitative estimate of drug-likeness (QED) is 0.687. The van der Waals surface area contributed by atoms with Crippen molar-refractivity contribution in [3.05, 3.63) is 65.5 Å². The Kier molecular flexibility index (Phi) is 6.67. The van der Waals surface area contributed by atoms with Gasteiger partial charge in [-0.25, -0.2) is 9.18 Å². The molecular weight excluding hydrogens is 343 g/mol. The molecule has 26 heavy (non-hydrogen) atoms. The zero-order chi connectivity index (χ0) is 18.9. The Hall–Kier alpha value is -3.42. The summed E-state index contributed by atoms with van der Waals surface area (Å²) in [6, 6.07) is 12.1. The van der Waals surface area contributed by atoms with Gasteiger partial charge in [0, 0.05) is 0 Å². The molecule has 0 aliphatic carbocycles. The van der Waals surface area contributed by atoms with Crippen LogP contribution in [0, 0.1) is 5.82 Å². The lowest BCUT2D eigenvalue weighted by Gasteiger charge is -2.09. The third kappa shape index (κ3) is 6.23. The Morgan fingerprint density at radius 3 is 2.50 bits per heavy atom. The lowest BCUT2D eigenvalue weighted by molar-refractivity contribution is -0.127. The molecule has 7 nitrogen and oxygen atoms in total. The molecule has 0 atom stereocenters. The van der Waals surface area contributed by atoms with E-state index in [1.54, 1.807) is 24.3 Å². The molecule has 2 rings (SSSR count). The molecule has 0 aromatic heterocycles. The van der Waals surface area contributed by atoms with Gasteiger partial charge in [-0.15, -0.1) is 0 Å². The molecule has 0 aliphatic heterocycles. The molecule has 2 amide bonds. The van der Waals surface area contributed by atoms with E-state index in [2.05, 4.69) is 5.32 Å². The summed E-state index contributed by atoms with van der Waals surface area (Å²) in [6.07, 6.45) is 0. The van der Waals surface area contributed by atoms with E-state index < -0.39 is 24.4 Å². The van der Waals surface area contributed by atoms with Gasteiger partial charge in [0.15, 0.2) is 6.61 Å². The SMILES string of the molecule is NC(=O)CNC(=O)COC(=O)c1cccc(OCc2ccc(F)cc2)c1. The fourth-order valence-electron chi connectivity index (χ4n) is 1.91. The van der Waals surface area contributed by atoms with E-state index in [0.717, 1.165) is 5.56 Å². The molecule has 0 heterocycles. The summed E-state index contributed by atoms with van der Waals surface area (Å²) in [6.45, 7) is -0.663. The smallest absolute Gasteiger partial charge is 0.338 e. The molecule has 2 aromatic rings. The highest BCUT2D eigenvalue weighted by Crippen LogP contribution is 2.16. The third-order valence-electron chi connectivity index (χ3n) is 3.18. The van der Waals surface area contributed by atoms with E-state index in [-0.39, 0.29) is 24.5 Å². The Morgan fingerprint density at radius 1 is 1.08 bits per heavy atom. The Balaban J connectivity index is 1.87. The van der Waals surface area contributed by atoms with E-state index in [0.29, 0.717) is 5.75 Å². The Bertz CT molecular complexity index is 792. The number of benzene rings is 2. The standard InChI is InChI=1S/C18H17FN2O5/c19-14-6-4-12(5-7-14)10-25-15-3-1-2-13(8-15)18(24)26-11-17(23)21-9-16(20)22/h1-8H,9-11H2,(H2,20,22)(H,21,23). The molecule has 136 valence electrons. The molecule has 0 saturated heterocycles. The zero-order valence-electron chi connectivity index (χ0n) is 13.7. The lowest BCUT2D eigenvalue weighted by Crippen LogP contribution is -2.35. The van der Waals surface area contributed by atoms with Crippen molar-refractivity contribution in [2.24, 2.45) is 5.73 Å². The number of nitrogens with two attached hydrogens (primary N) is 1. The van der Waals surface area contributed by atoms with Gasteiger partial charge in [0.1, 0.15) is 18.2 Å². The summed E-state index contributed by atoms with van der Waals surface area (Å²) >= 11 is 0. The highest BCUT2D eigenvalue weighted by molar-refractivity contribution is 5.92. The van der Waals surface area contributed by atoms with Crippen LogP contribution in [0.2, 0.25) is 0 Å². The average molecular weight is 360 g/mol. The molecule has 0 spiro atoms. The van der Waals surface area contributed by atoms with Crippen LogP contribution in [0.25, 0.3) is 0 Å². The first-order valence-corrected chi connectivity index (χ1v) is 7.63. The number of ether oxygens (including phenoxy) is 2. The fraction of sp³-hybridized carbons (Fsp3) is 0.167. The second-order valence-electron chi connectivity index (χ2n) is 5.26. The van der Waals surface area contributed by atoms with Gasteiger partial charge in [-0.2, -0.15) is 0 Å². The van der Waals surface area contributed by atoms with E-state index in [9.17, 15) is 18.8 Å². The minimum Gasteiger partial charge on any atom is -0.489 e. The minimum absolute atomic E-state index is 0.198. The maximum absolute atomic E-state index is 12.9. The van der Waals surface area contributed by atoms with Crippen LogP contribution in [0.3, 0.4) is 0 Å². The van der Waals surface area contributed by atoms with Gasteiger partial charge in [0.25, 0.3) is 5.91 Å². The van der Waals surface area contributed by atoms with Crippen molar-refractivity contribution in [2.75, 3.05) is 13.2 Å². The summed E-state index contributed by atoms with van der Waals surface area (Å²) in [4.78, 5) is 33.9. The molecule has 0 saturated carbocycles. The molecular formula is C18H17FN2O5. The number of carbonyl (C=O) groups is 3. The van der Waals surface area contributed by atoms with Gasteiger partial charge in [0.05, 0.1) is 12.1 Å². The predicted octanol–water partition coefficient (Wildman–Crippen LogP) is 1.16.